The molecule has 0 spiro atoms. The van der Waals surface area contributed by atoms with Crippen molar-refractivity contribution in [2.24, 2.45) is 5.92 Å². The summed E-state index contributed by atoms with van der Waals surface area (Å²) in [5, 5.41) is 0. The molecule has 8 heteroatoms. The predicted octanol–water partition coefficient (Wildman–Crippen LogP) is 1.93. The topological polar surface area (TPSA) is 79.4 Å². The largest absolute Gasteiger partial charge is 0.490 e. The van der Waals surface area contributed by atoms with Gasteiger partial charge in [0.05, 0.1) is 19.8 Å². The molecule has 3 heterocycles. The maximum absolute atomic E-state index is 13.1. The Morgan fingerprint density at radius 3 is 2.52 bits per heavy atom. The molecule has 0 aliphatic carbocycles. The van der Waals surface area contributed by atoms with E-state index in [9.17, 15) is 14.4 Å². The number of hydrogen-bond acceptors (Lipinski definition) is 5. The van der Waals surface area contributed by atoms with Gasteiger partial charge in [0.2, 0.25) is 17.7 Å². The molecule has 33 heavy (non-hydrogen) atoms. The molecule has 3 fully saturated rings. The Kier molecular flexibility index (Phi) is 8.20. The van der Waals surface area contributed by atoms with Gasteiger partial charge in [0.25, 0.3) is 0 Å². The van der Waals surface area contributed by atoms with Crippen LogP contribution in [-0.4, -0.2) is 91.0 Å². The summed E-state index contributed by atoms with van der Waals surface area (Å²) in [6.45, 7) is 4.16. The first-order valence-electron chi connectivity index (χ1n) is 12.2. The summed E-state index contributed by atoms with van der Waals surface area (Å²) in [6.07, 6.45) is 4.27. The van der Waals surface area contributed by atoms with Gasteiger partial charge in [0.15, 0.2) is 0 Å². The van der Waals surface area contributed by atoms with Crippen molar-refractivity contribution in [1.82, 2.24) is 14.7 Å². The summed E-state index contributed by atoms with van der Waals surface area (Å²) in [6, 6.07) is 9.64. The highest BCUT2D eigenvalue weighted by Gasteiger charge is 2.36. The van der Waals surface area contributed by atoms with E-state index in [1.54, 1.807) is 4.90 Å². The van der Waals surface area contributed by atoms with Gasteiger partial charge < -0.3 is 24.2 Å². The molecule has 8 nitrogen and oxygen atoms in total. The zero-order valence-electron chi connectivity index (χ0n) is 19.3. The second-order valence-electron chi connectivity index (χ2n) is 9.18. The van der Waals surface area contributed by atoms with E-state index in [0.717, 1.165) is 25.0 Å². The van der Waals surface area contributed by atoms with Crippen molar-refractivity contribution < 1.29 is 23.9 Å². The Morgan fingerprint density at radius 2 is 1.73 bits per heavy atom. The molecular formula is C25H35N3O5. The van der Waals surface area contributed by atoms with Gasteiger partial charge in [-0.2, -0.15) is 0 Å². The molecule has 0 unspecified atom stereocenters. The summed E-state index contributed by atoms with van der Waals surface area (Å²) < 4.78 is 11.6. The van der Waals surface area contributed by atoms with E-state index in [2.05, 4.69) is 0 Å². The van der Waals surface area contributed by atoms with Crippen LogP contribution in [0, 0.1) is 5.92 Å². The molecule has 3 aliphatic rings. The molecule has 2 atom stereocenters. The first kappa shape index (κ1) is 23.5. The molecule has 0 saturated carbocycles. The molecule has 0 N–H and O–H groups in total. The number of carbonyl (C=O) groups excluding carboxylic acids is 3. The Morgan fingerprint density at radius 1 is 0.939 bits per heavy atom. The van der Waals surface area contributed by atoms with Gasteiger partial charge in [0, 0.05) is 57.9 Å². The zero-order valence-corrected chi connectivity index (χ0v) is 19.3. The molecule has 3 aliphatic heterocycles. The van der Waals surface area contributed by atoms with Crippen molar-refractivity contribution in [2.45, 2.75) is 44.6 Å². The maximum Gasteiger partial charge on any atom is 0.242 e. The molecule has 1 aromatic carbocycles. The summed E-state index contributed by atoms with van der Waals surface area (Å²) in [7, 11) is 0. The van der Waals surface area contributed by atoms with E-state index in [0.29, 0.717) is 65.2 Å². The SMILES string of the molecule is O=C(C[C@H]1CN(C(=O)CN2CCCCCC2=O)CC[C@@H]1Oc1ccccc1)N1CCOCC1. The summed E-state index contributed by atoms with van der Waals surface area (Å²) >= 11 is 0. The van der Waals surface area contributed by atoms with Gasteiger partial charge in [-0.3, -0.25) is 14.4 Å². The van der Waals surface area contributed by atoms with Crippen LogP contribution in [0.2, 0.25) is 0 Å². The van der Waals surface area contributed by atoms with E-state index in [-0.39, 0.29) is 36.3 Å². The number of rotatable bonds is 6. The lowest BCUT2D eigenvalue weighted by atomic mass is 9.90. The van der Waals surface area contributed by atoms with Crippen LogP contribution in [0.4, 0.5) is 0 Å². The first-order valence-corrected chi connectivity index (χ1v) is 12.2. The number of piperidine rings is 1. The highest BCUT2D eigenvalue weighted by Crippen LogP contribution is 2.27. The number of likely N-dealkylation sites (tertiary alicyclic amines) is 2. The van der Waals surface area contributed by atoms with Crippen LogP contribution in [0.15, 0.2) is 30.3 Å². The first-order chi connectivity index (χ1) is 16.1. The summed E-state index contributed by atoms with van der Waals surface area (Å²) in [5.74, 6) is 0.802. The van der Waals surface area contributed by atoms with Gasteiger partial charge in [-0.1, -0.05) is 24.6 Å². The fraction of sp³-hybridized carbons (Fsp3) is 0.640. The minimum atomic E-state index is -0.138. The maximum atomic E-state index is 13.1. The number of amides is 3. The quantitative estimate of drug-likeness (QED) is 0.652. The Bertz CT molecular complexity index is 812. The van der Waals surface area contributed by atoms with Crippen LogP contribution in [-0.2, 0) is 19.1 Å². The van der Waals surface area contributed by atoms with Crippen molar-refractivity contribution in [3.05, 3.63) is 30.3 Å². The number of carbonyl (C=O) groups is 3. The van der Waals surface area contributed by atoms with E-state index >= 15 is 0 Å². The number of para-hydroxylation sites is 1. The van der Waals surface area contributed by atoms with Crippen molar-refractivity contribution in [3.8, 4) is 5.75 Å². The number of benzene rings is 1. The molecule has 1 aromatic rings. The van der Waals surface area contributed by atoms with E-state index in [4.69, 9.17) is 9.47 Å². The van der Waals surface area contributed by atoms with E-state index in [1.807, 2.05) is 40.1 Å². The average molecular weight is 458 g/mol. The number of morpholine rings is 1. The lowest BCUT2D eigenvalue weighted by Gasteiger charge is -2.40. The smallest absolute Gasteiger partial charge is 0.242 e. The molecule has 3 amide bonds. The molecule has 0 aromatic heterocycles. The van der Waals surface area contributed by atoms with Crippen molar-refractivity contribution in [3.63, 3.8) is 0 Å². The summed E-state index contributed by atoms with van der Waals surface area (Å²) in [4.78, 5) is 43.8. The molecular weight excluding hydrogens is 422 g/mol. The van der Waals surface area contributed by atoms with Crippen LogP contribution in [0.25, 0.3) is 0 Å². The van der Waals surface area contributed by atoms with Crippen LogP contribution in [0.3, 0.4) is 0 Å². The third kappa shape index (κ3) is 6.47. The fourth-order valence-electron chi connectivity index (χ4n) is 4.90. The third-order valence-electron chi connectivity index (χ3n) is 6.85. The Labute approximate surface area is 195 Å². The van der Waals surface area contributed by atoms with Gasteiger partial charge >= 0.3 is 0 Å². The Hall–Kier alpha value is -2.61. The normalized spacial score (nSPS) is 24.4. The van der Waals surface area contributed by atoms with Gasteiger partial charge in [-0.05, 0) is 25.0 Å². The molecule has 4 rings (SSSR count). The van der Waals surface area contributed by atoms with Crippen molar-refractivity contribution in [2.75, 3.05) is 52.5 Å². The minimum absolute atomic E-state index is 0.0350. The average Bonchev–Trinajstić information content (AvgIpc) is 3.05. The third-order valence-corrected chi connectivity index (χ3v) is 6.85. The van der Waals surface area contributed by atoms with Gasteiger partial charge in [0.1, 0.15) is 11.9 Å². The van der Waals surface area contributed by atoms with Gasteiger partial charge in [-0.15, -0.1) is 0 Å². The lowest BCUT2D eigenvalue weighted by Crippen LogP contribution is -2.52. The second kappa shape index (κ2) is 11.5. The monoisotopic (exact) mass is 457 g/mol. The molecule has 3 saturated heterocycles. The van der Waals surface area contributed by atoms with Crippen LogP contribution >= 0.6 is 0 Å². The summed E-state index contributed by atoms with van der Waals surface area (Å²) in [5.41, 5.74) is 0. The minimum Gasteiger partial charge on any atom is -0.490 e. The van der Waals surface area contributed by atoms with Crippen LogP contribution in [0.1, 0.15) is 38.5 Å². The van der Waals surface area contributed by atoms with Crippen LogP contribution in [0.5, 0.6) is 5.75 Å². The second-order valence-corrected chi connectivity index (χ2v) is 9.18. The number of hydrogen-bond donors (Lipinski definition) is 0. The van der Waals surface area contributed by atoms with Crippen molar-refractivity contribution in [1.29, 1.82) is 0 Å². The van der Waals surface area contributed by atoms with Crippen LogP contribution < -0.4 is 4.74 Å². The van der Waals surface area contributed by atoms with E-state index < -0.39 is 0 Å². The lowest BCUT2D eigenvalue weighted by molar-refractivity contribution is -0.144. The number of nitrogens with zero attached hydrogens (tertiary/aromatic N) is 3. The fourth-order valence-corrected chi connectivity index (χ4v) is 4.90. The highest BCUT2D eigenvalue weighted by molar-refractivity contribution is 5.85. The highest BCUT2D eigenvalue weighted by atomic mass is 16.5. The molecule has 180 valence electrons. The molecule has 0 radical (unpaired) electrons. The standard InChI is InChI=1S/C25H35N3O5/c29-23-9-5-2-6-11-27(23)19-25(31)28-12-10-22(33-21-7-3-1-4-8-21)20(18-28)17-24(30)26-13-15-32-16-14-26/h1,3-4,7-8,20,22H,2,5-6,9-19H2/t20-,22-/m0/s1. The van der Waals surface area contributed by atoms with Gasteiger partial charge in [-0.25, -0.2) is 0 Å². The molecule has 0 bridgehead atoms. The number of ether oxygens (including phenoxy) is 2. The van der Waals surface area contributed by atoms with E-state index in [1.165, 1.54) is 0 Å². The predicted molar refractivity (Wildman–Crippen MR) is 123 cm³/mol. The van der Waals surface area contributed by atoms with Crippen molar-refractivity contribution >= 4 is 17.7 Å². The Balaban J connectivity index is 1.41. The zero-order chi connectivity index (χ0) is 23.0.